The van der Waals surface area contributed by atoms with Crippen LogP contribution in [0.5, 0.6) is 0 Å². The Bertz CT molecular complexity index is 343. The molecule has 1 aromatic rings. The molecule has 0 radical (unpaired) electrons. The molecule has 4 N–H and O–H groups in total. The average molecular weight is 237 g/mol. The van der Waals surface area contributed by atoms with Crippen LogP contribution in [-0.4, -0.2) is 46.5 Å². The number of carbonyl (C=O) groups excluding carboxylic acids is 1. The molecule has 0 aliphatic carbocycles. The Labute approximate surface area is 101 Å². The van der Waals surface area contributed by atoms with Gasteiger partial charge in [0.1, 0.15) is 5.82 Å². The maximum Gasteiger partial charge on any atom is 0.234 e. The van der Waals surface area contributed by atoms with Crippen molar-refractivity contribution in [1.82, 2.24) is 20.2 Å². The van der Waals surface area contributed by atoms with Gasteiger partial charge in [-0.15, -0.1) is 0 Å². The molecule has 0 unspecified atom stereocenters. The van der Waals surface area contributed by atoms with E-state index in [0.717, 1.165) is 31.8 Å². The van der Waals surface area contributed by atoms with Crippen LogP contribution >= 0.6 is 0 Å². The Balaban J connectivity index is 1.67. The van der Waals surface area contributed by atoms with E-state index in [1.54, 1.807) is 12.4 Å². The van der Waals surface area contributed by atoms with Crippen molar-refractivity contribution in [3.8, 4) is 0 Å². The summed E-state index contributed by atoms with van der Waals surface area (Å²) in [5.41, 5.74) is 5.81. The molecule has 0 bridgehead atoms. The minimum Gasteiger partial charge on any atom is -0.348 e. The van der Waals surface area contributed by atoms with Crippen LogP contribution in [0.1, 0.15) is 18.7 Å². The predicted molar refractivity (Wildman–Crippen MR) is 64.1 cm³/mol. The number of amides is 1. The number of aromatic nitrogens is 2. The lowest BCUT2D eigenvalue weighted by atomic mass is 10.1. The van der Waals surface area contributed by atoms with E-state index >= 15 is 0 Å². The van der Waals surface area contributed by atoms with Crippen molar-refractivity contribution in [2.75, 3.05) is 19.6 Å². The van der Waals surface area contributed by atoms with Gasteiger partial charge in [0.15, 0.2) is 0 Å². The van der Waals surface area contributed by atoms with Crippen molar-refractivity contribution in [3.05, 3.63) is 18.2 Å². The SMILES string of the molecule is NC1CCN(CC(=O)NCc2ncc[nH]2)CC1. The van der Waals surface area contributed by atoms with Gasteiger partial charge in [-0.3, -0.25) is 9.69 Å². The summed E-state index contributed by atoms with van der Waals surface area (Å²) in [6, 6.07) is 0.303. The number of rotatable bonds is 4. The van der Waals surface area contributed by atoms with Crippen molar-refractivity contribution in [1.29, 1.82) is 0 Å². The molecular formula is C11H19N5O. The second kappa shape index (κ2) is 5.79. The van der Waals surface area contributed by atoms with Crippen LogP contribution in [0.4, 0.5) is 0 Å². The lowest BCUT2D eigenvalue weighted by Gasteiger charge is -2.29. The highest BCUT2D eigenvalue weighted by Crippen LogP contribution is 2.07. The van der Waals surface area contributed by atoms with Gasteiger partial charge in [-0.1, -0.05) is 0 Å². The maximum atomic E-state index is 11.7. The molecule has 1 aromatic heterocycles. The molecule has 1 fully saturated rings. The third-order valence-corrected chi connectivity index (χ3v) is 3.01. The molecule has 1 saturated heterocycles. The number of hydrogen-bond acceptors (Lipinski definition) is 4. The van der Waals surface area contributed by atoms with Crippen LogP contribution in [0.25, 0.3) is 0 Å². The van der Waals surface area contributed by atoms with Crippen molar-refractivity contribution in [2.45, 2.75) is 25.4 Å². The zero-order valence-corrected chi connectivity index (χ0v) is 9.85. The maximum absolute atomic E-state index is 11.7. The molecule has 6 nitrogen and oxygen atoms in total. The lowest BCUT2D eigenvalue weighted by Crippen LogP contribution is -2.44. The van der Waals surface area contributed by atoms with E-state index < -0.39 is 0 Å². The third kappa shape index (κ3) is 3.83. The number of hydrogen-bond donors (Lipinski definition) is 3. The quantitative estimate of drug-likeness (QED) is 0.655. The largest absolute Gasteiger partial charge is 0.348 e. The molecule has 2 heterocycles. The molecule has 1 aliphatic heterocycles. The first kappa shape index (κ1) is 12.1. The summed E-state index contributed by atoms with van der Waals surface area (Å²) < 4.78 is 0. The van der Waals surface area contributed by atoms with Gasteiger partial charge in [-0.05, 0) is 12.8 Å². The standard InChI is InChI=1S/C11H19N5O/c12-9-1-5-16(6-2-9)8-11(17)15-7-10-13-3-4-14-10/h3-4,9H,1-2,5-8,12H2,(H,13,14)(H,15,17). The zero-order valence-electron chi connectivity index (χ0n) is 9.85. The molecule has 17 heavy (non-hydrogen) atoms. The summed E-state index contributed by atoms with van der Waals surface area (Å²) >= 11 is 0. The Morgan fingerprint density at radius 3 is 3.00 bits per heavy atom. The van der Waals surface area contributed by atoms with E-state index in [1.165, 1.54) is 0 Å². The number of H-pyrrole nitrogens is 1. The smallest absolute Gasteiger partial charge is 0.234 e. The van der Waals surface area contributed by atoms with Gasteiger partial charge in [0.25, 0.3) is 0 Å². The van der Waals surface area contributed by atoms with Crippen LogP contribution < -0.4 is 11.1 Å². The van der Waals surface area contributed by atoms with Crippen molar-refractivity contribution >= 4 is 5.91 Å². The molecule has 0 atom stereocenters. The van der Waals surface area contributed by atoms with E-state index in [0.29, 0.717) is 19.1 Å². The fourth-order valence-electron chi connectivity index (χ4n) is 1.95. The molecule has 0 aromatic carbocycles. The van der Waals surface area contributed by atoms with E-state index in [1.807, 2.05) is 0 Å². The number of likely N-dealkylation sites (tertiary alicyclic amines) is 1. The summed E-state index contributed by atoms with van der Waals surface area (Å²) in [5.74, 6) is 0.816. The minimum atomic E-state index is 0.0388. The Morgan fingerprint density at radius 1 is 1.59 bits per heavy atom. The lowest BCUT2D eigenvalue weighted by molar-refractivity contribution is -0.122. The van der Waals surface area contributed by atoms with Gasteiger partial charge in [0.05, 0.1) is 13.1 Å². The highest BCUT2D eigenvalue weighted by atomic mass is 16.2. The second-order valence-electron chi connectivity index (χ2n) is 4.43. The molecule has 2 rings (SSSR count). The second-order valence-corrected chi connectivity index (χ2v) is 4.43. The van der Waals surface area contributed by atoms with Gasteiger partial charge in [0.2, 0.25) is 5.91 Å². The summed E-state index contributed by atoms with van der Waals surface area (Å²) in [6.07, 6.45) is 5.37. The fraction of sp³-hybridized carbons (Fsp3) is 0.636. The van der Waals surface area contributed by atoms with Crippen LogP contribution in [0, 0.1) is 0 Å². The van der Waals surface area contributed by atoms with E-state index in [9.17, 15) is 4.79 Å². The molecule has 1 aliphatic rings. The number of piperidine rings is 1. The highest BCUT2D eigenvalue weighted by molar-refractivity contribution is 5.77. The van der Waals surface area contributed by atoms with E-state index in [4.69, 9.17) is 5.73 Å². The van der Waals surface area contributed by atoms with Crippen molar-refractivity contribution in [2.24, 2.45) is 5.73 Å². The first-order valence-electron chi connectivity index (χ1n) is 5.97. The minimum absolute atomic E-state index is 0.0388. The molecule has 0 saturated carbocycles. The van der Waals surface area contributed by atoms with Gasteiger partial charge < -0.3 is 16.0 Å². The first-order chi connectivity index (χ1) is 8.24. The number of nitrogens with zero attached hydrogens (tertiary/aromatic N) is 2. The van der Waals surface area contributed by atoms with E-state index in [-0.39, 0.29) is 5.91 Å². The van der Waals surface area contributed by atoms with Crippen LogP contribution in [0.15, 0.2) is 12.4 Å². The average Bonchev–Trinajstić information content (AvgIpc) is 2.83. The van der Waals surface area contributed by atoms with Gasteiger partial charge in [0, 0.05) is 31.5 Å². The monoisotopic (exact) mass is 237 g/mol. The normalized spacial score (nSPS) is 18.2. The number of nitrogens with one attached hydrogen (secondary N) is 2. The topological polar surface area (TPSA) is 87.0 Å². The van der Waals surface area contributed by atoms with Crippen LogP contribution in [0.3, 0.4) is 0 Å². The third-order valence-electron chi connectivity index (χ3n) is 3.01. The summed E-state index contributed by atoms with van der Waals surface area (Å²) in [6.45, 7) is 2.73. The summed E-state index contributed by atoms with van der Waals surface area (Å²) in [7, 11) is 0. The number of imidazole rings is 1. The van der Waals surface area contributed by atoms with Gasteiger partial charge >= 0.3 is 0 Å². The number of carbonyl (C=O) groups is 1. The van der Waals surface area contributed by atoms with Crippen LogP contribution in [-0.2, 0) is 11.3 Å². The first-order valence-corrected chi connectivity index (χ1v) is 5.97. The molecule has 0 spiro atoms. The summed E-state index contributed by atoms with van der Waals surface area (Å²) in [4.78, 5) is 20.8. The zero-order chi connectivity index (χ0) is 12.1. The van der Waals surface area contributed by atoms with Crippen molar-refractivity contribution in [3.63, 3.8) is 0 Å². The van der Waals surface area contributed by atoms with Crippen LogP contribution in [0.2, 0.25) is 0 Å². The molecule has 1 amide bonds. The fourth-order valence-corrected chi connectivity index (χ4v) is 1.95. The molecule has 6 heteroatoms. The Kier molecular flexibility index (Phi) is 4.11. The van der Waals surface area contributed by atoms with Crippen molar-refractivity contribution < 1.29 is 4.79 Å². The Hall–Kier alpha value is -1.40. The van der Waals surface area contributed by atoms with E-state index in [2.05, 4.69) is 20.2 Å². The highest BCUT2D eigenvalue weighted by Gasteiger charge is 2.17. The van der Waals surface area contributed by atoms with Gasteiger partial charge in [-0.2, -0.15) is 0 Å². The predicted octanol–water partition coefficient (Wildman–Crippen LogP) is -0.551. The molecule has 94 valence electrons. The number of aromatic amines is 1. The van der Waals surface area contributed by atoms with Gasteiger partial charge in [-0.25, -0.2) is 4.98 Å². The summed E-state index contributed by atoms with van der Waals surface area (Å²) in [5, 5.41) is 2.84. The molecular weight excluding hydrogens is 218 g/mol. The number of nitrogens with two attached hydrogens (primary N) is 1. The Morgan fingerprint density at radius 2 is 2.35 bits per heavy atom.